The summed E-state index contributed by atoms with van der Waals surface area (Å²) in [5.41, 5.74) is 0.983. The average Bonchev–Trinajstić information content (AvgIpc) is 2.40. The van der Waals surface area contributed by atoms with Crippen LogP contribution in [0, 0.1) is 0 Å². The van der Waals surface area contributed by atoms with Crippen LogP contribution in [-0.4, -0.2) is 25.7 Å². The number of rotatable bonds is 5. The van der Waals surface area contributed by atoms with Gasteiger partial charge < -0.3 is 5.11 Å². The number of carbonyl (C=O) groups is 1. The van der Waals surface area contributed by atoms with Gasteiger partial charge in [0.1, 0.15) is 10.9 Å². The maximum Gasteiger partial charge on any atom is 0.316 e. The number of aliphatic carboxylic acids is 1. The van der Waals surface area contributed by atoms with Crippen LogP contribution in [0.3, 0.4) is 0 Å². The Balaban J connectivity index is 2.26. The van der Waals surface area contributed by atoms with Crippen molar-refractivity contribution in [2.45, 2.75) is 24.3 Å². The lowest BCUT2D eigenvalue weighted by atomic mass is 10.3. The molecule has 0 amide bonds. The van der Waals surface area contributed by atoms with Gasteiger partial charge in [-0.2, -0.15) is 0 Å². The second-order valence-electron chi connectivity index (χ2n) is 4.21. The van der Waals surface area contributed by atoms with Crippen LogP contribution < -0.4 is 5.56 Å². The smallest absolute Gasteiger partial charge is 0.316 e. The van der Waals surface area contributed by atoms with Crippen LogP contribution in [0.2, 0.25) is 0 Å². The first-order chi connectivity index (χ1) is 9.51. The van der Waals surface area contributed by atoms with Crippen molar-refractivity contribution in [2.24, 2.45) is 0 Å². The van der Waals surface area contributed by atoms with Gasteiger partial charge in [0.25, 0.3) is 5.56 Å². The number of aromatic nitrogens is 2. The van der Waals surface area contributed by atoms with Gasteiger partial charge in [-0.05, 0) is 34.5 Å². The van der Waals surface area contributed by atoms with E-state index < -0.39 is 11.2 Å². The summed E-state index contributed by atoms with van der Waals surface area (Å²) in [5, 5.41) is 8.52. The van der Waals surface area contributed by atoms with E-state index in [1.165, 1.54) is 22.2 Å². The predicted molar refractivity (Wildman–Crippen MR) is 82.2 cm³/mol. The van der Waals surface area contributed by atoms with E-state index in [0.29, 0.717) is 23.5 Å². The Morgan fingerprint density at radius 2 is 2.30 bits per heavy atom. The van der Waals surface area contributed by atoms with Gasteiger partial charge in [-0.3, -0.25) is 14.0 Å². The summed E-state index contributed by atoms with van der Waals surface area (Å²) in [4.78, 5) is 27.3. The Labute approximate surface area is 128 Å². The molecule has 2 aromatic heterocycles. The van der Waals surface area contributed by atoms with E-state index in [1.54, 1.807) is 12.3 Å². The second-order valence-corrected chi connectivity index (χ2v) is 6.31. The molecule has 0 fully saturated rings. The molecule has 0 aliphatic heterocycles. The first kappa shape index (κ1) is 15.1. The lowest BCUT2D eigenvalue weighted by Crippen LogP contribution is -2.17. The van der Waals surface area contributed by atoms with E-state index in [0.717, 1.165) is 4.47 Å². The number of pyridine rings is 1. The zero-order valence-electron chi connectivity index (χ0n) is 10.7. The standard InChI is InChI=1S/C13H13BrN2O3S/c1-2-10(13(18)19)20-7-9-5-12(17)16-6-8(14)3-4-11(16)15-9/h3-6,10H,2,7H2,1H3,(H,18,19). The highest BCUT2D eigenvalue weighted by Gasteiger charge is 2.16. The summed E-state index contributed by atoms with van der Waals surface area (Å²) in [6.07, 6.45) is 2.20. The fourth-order valence-electron chi connectivity index (χ4n) is 1.75. The third-order valence-electron chi connectivity index (χ3n) is 2.76. The molecular formula is C13H13BrN2O3S. The Bertz CT molecular complexity index is 702. The molecule has 106 valence electrons. The van der Waals surface area contributed by atoms with Crippen molar-refractivity contribution in [1.82, 2.24) is 9.38 Å². The molecule has 2 rings (SSSR count). The van der Waals surface area contributed by atoms with Crippen LogP contribution in [0.5, 0.6) is 0 Å². The highest BCUT2D eigenvalue weighted by Crippen LogP contribution is 2.19. The van der Waals surface area contributed by atoms with Crippen LogP contribution in [0.15, 0.2) is 33.7 Å². The van der Waals surface area contributed by atoms with Crippen LogP contribution >= 0.6 is 27.7 Å². The first-order valence-electron chi connectivity index (χ1n) is 6.03. The summed E-state index contributed by atoms with van der Waals surface area (Å²) in [7, 11) is 0. The monoisotopic (exact) mass is 356 g/mol. The van der Waals surface area contributed by atoms with Gasteiger partial charge in [0.15, 0.2) is 0 Å². The largest absolute Gasteiger partial charge is 0.480 e. The van der Waals surface area contributed by atoms with E-state index in [9.17, 15) is 9.59 Å². The van der Waals surface area contributed by atoms with Crippen LogP contribution in [0.1, 0.15) is 19.0 Å². The molecule has 0 bridgehead atoms. The number of nitrogens with zero attached hydrogens (tertiary/aromatic N) is 2. The molecule has 0 saturated carbocycles. The molecule has 0 aliphatic rings. The minimum absolute atomic E-state index is 0.171. The molecular weight excluding hydrogens is 344 g/mol. The molecule has 0 radical (unpaired) electrons. The van der Waals surface area contributed by atoms with Crippen LogP contribution in [-0.2, 0) is 10.5 Å². The maximum absolute atomic E-state index is 12.0. The summed E-state index contributed by atoms with van der Waals surface area (Å²) < 4.78 is 2.25. The van der Waals surface area contributed by atoms with Crippen molar-refractivity contribution < 1.29 is 9.90 Å². The zero-order valence-corrected chi connectivity index (χ0v) is 13.1. The van der Waals surface area contributed by atoms with Crippen LogP contribution in [0.4, 0.5) is 0 Å². The third kappa shape index (κ3) is 3.40. The number of hydrogen-bond acceptors (Lipinski definition) is 4. The average molecular weight is 357 g/mol. The number of hydrogen-bond donors (Lipinski definition) is 1. The molecule has 0 saturated heterocycles. The highest BCUT2D eigenvalue weighted by molar-refractivity contribution is 9.10. The Morgan fingerprint density at radius 3 is 2.95 bits per heavy atom. The minimum Gasteiger partial charge on any atom is -0.480 e. The van der Waals surface area contributed by atoms with Crippen molar-refractivity contribution in [1.29, 1.82) is 0 Å². The van der Waals surface area contributed by atoms with Gasteiger partial charge in [-0.1, -0.05) is 6.92 Å². The van der Waals surface area contributed by atoms with E-state index in [1.807, 2.05) is 13.0 Å². The van der Waals surface area contributed by atoms with Gasteiger partial charge in [-0.15, -0.1) is 11.8 Å². The van der Waals surface area contributed by atoms with Crippen molar-refractivity contribution >= 4 is 39.3 Å². The second kappa shape index (κ2) is 6.41. The van der Waals surface area contributed by atoms with Crippen LogP contribution in [0.25, 0.3) is 5.65 Å². The van der Waals surface area contributed by atoms with Gasteiger partial charge >= 0.3 is 5.97 Å². The van der Waals surface area contributed by atoms with Crippen molar-refractivity contribution in [3.8, 4) is 0 Å². The van der Waals surface area contributed by atoms with Crippen molar-refractivity contribution in [2.75, 3.05) is 0 Å². The Hall–Kier alpha value is -1.34. The zero-order chi connectivity index (χ0) is 14.7. The Morgan fingerprint density at radius 1 is 1.55 bits per heavy atom. The molecule has 2 aromatic rings. The van der Waals surface area contributed by atoms with Gasteiger partial charge in [0.05, 0.1) is 5.69 Å². The number of halogens is 1. The minimum atomic E-state index is -0.834. The summed E-state index contributed by atoms with van der Waals surface area (Å²) in [6, 6.07) is 5.00. The van der Waals surface area contributed by atoms with E-state index in [-0.39, 0.29) is 5.56 Å². The van der Waals surface area contributed by atoms with E-state index >= 15 is 0 Å². The highest BCUT2D eigenvalue weighted by atomic mass is 79.9. The van der Waals surface area contributed by atoms with Crippen molar-refractivity contribution in [3.05, 3.63) is 44.9 Å². The molecule has 0 aromatic carbocycles. The lowest BCUT2D eigenvalue weighted by Gasteiger charge is -2.09. The fraction of sp³-hybridized carbons (Fsp3) is 0.308. The molecule has 2 heterocycles. The molecule has 1 atom stereocenters. The van der Waals surface area contributed by atoms with E-state index in [2.05, 4.69) is 20.9 Å². The van der Waals surface area contributed by atoms with Crippen molar-refractivity contribution in [3.63, 3.8) is 0 Å². The quantitative estimate of drug-likeness (QED) is 0.891. The molecule has 20 heavy (non-hydrogen) atoms. The normalized spacial score (nSPS) is 12.5. The van der Waals surface area contributed by atoms with E-state index in [4.69, 9.17) is 5.11 Å². The topological polar surface area (TPSA) is 71.7 Å². The van der Waals surface area contributed by atoms with Gasteiger partial charge in [0, 0.05) is 22.5 Å². The molecule has 0 aliphatic carbocycles. The number of carboxylic acids is 1. The summed E-state index contributed by atoms with van der Waals surface area (Å²) in [5.74, 6) is -0.425. The predicted octanol–water partition coefficient (Wildman–Crippen LogP) is 2.55. The maximum atomic E-state index is 12.0. The van der Waals surface area contributed by atoms with Gasteiger partial charge in [0.2, 0.25) is 0 Å². The fourth-order valence-corrected chi connectivity index (χ4v) is 2.98. The Kier molecular flexibility index (Phi) is 4.82. The number of fused-ring (bicyclic) bond motifs is 1. The number of carboxylic acid groups (broad SMARTS) is 1. The summed E-state index contributed by atoms with van der Waals surface area (Å²) >= 11 is 4.59. The lowest BCUT2D eigenvalue weighted by molar-refractivity contribution is -0.136. The SMILES string of the molecule is CCC(SCc1cc(=O)n2cc(Br)ccc2n1)C(=O)O. The molecule has 5 nitrogen and oxygen atoms in total. The molecule has 1 unspecified atom stereocenters. The first-order valence-corrected chi connectivity index (χ1v) is 7.87. The molecule has 1 N–H and O–H groups in total. The number of thioether (sulfide) groups is 1. The molecule has 7 heteroatoms. The van der Waals surface area contributed by atoms with Gasteiger partial charge in [-0.25, -0.2) is 4.98 Å². The molecule has 0 spiro atoms. The third-order valence-corrected chi connectivity index (χ3v) is 4.62. The summed E-state index contributed by atoms with van der Waals surface area (Å²) in [6.45, 7) is 1.83.